The van der Waals surface area contributed by atoms with E-state index in [0.29, 0.717) is 13.1 Å². The first-order chi connectivity index (χ1) is 17.0. The summed E-state index contributed by atoms with van der Waals surface area (Å²) in [5.74, 6) is -0.595. The SMILES string of the molecule is N#C/C(=C/N1CCN(C(c2ccccc2)c2ccccc2)CC1)C(=O)Nc1cccc([N+](=O)[O-])c1. The summed E-state index contributed by atoms with van der Waals surface area (Å²) in [6, 6.07) is 28.5. The number of carbonyl (C=O) groups is 1. The van der Waals surface area contributed by atoms with Crippen LogP contribution in [0.1, 0.15) is 17.2 Å². The van der Waals surface area contributed by atoms with Gasteiger partial charge in [0.25, 0.3) is 11.6 Å². The normalized spacial score (nSPS) is 14.4. The summed E-state index contributed by atoms with van der Waals surface area (Å²) in [5.41, 5.74) is 2.53. The molecule has 176 valence electrons. The Morgan fingerprint density at radius 3 is 2.09 bits per heavy atom. The molecule has 3 aromatic carbocycles. The number of nitriles is 1. The van der Waals surface area contributed by atoms with Crippen LogP contribution in [0.15, 0.2) is 96.7 Å². The molecule has 1 aliphatic rings. The number of piperazine rings is 1. The second kappa shape index (κ2) is 11.1. The Bertz CT molecular complexity index is 1210. The lowest BCUT2D eigenvalue weighted by Crippen LogP contribution is -2.46. The number of nitro benzene ring substituents is 1. The maximum Gasteiger partial charge on any atom is 0.271 e. The monoisotopic (exact) mass is 467 g/mol. The molecule has 0 radical (unpaired) electrons. The van der Waals surface area contributed by atoms with Gasteiger partial charge in [0, 0.05) is 50.2 Å². The highest BCUT2D eigenvalue weighted by atomic mass is 16.6. The minimum absolute atomic E-state index is 0.0485. The highest BCUT2D eigenvalue weighted by Gasteiger charge is 2.26. The van der Waals surface area contributed by atoms with Crippen molar-refractivity contribution in [3.8, 4) is 6.07 Å². The van der Waals surface area contributed by atoms with Crippen molar-refractivity contribution in [1.82, 2.24) is 9.80 Å². The number of rotatable bonds is 7. The molecule has 8 heteroatoms. The topological polar surface area (TPSA) is 103 Å². The third-order valence-electron chi connectivity index (χ3n) is 5.94. The van der Waals surface area contributed by atoms with E-state index in [2.05, 4.69) is 34.5 Å². The molecule has 1 fully saturated rings. The van der Waals surface area contributed by atoms with Gasteiger partial charge < -0.3 is 10.2 Å². The predicted octanol–water partition coefficient (Wildman–Crippen LogP) is 4.35. The second-order valence-electron chi connectivity index (χ2n) is 8.21. The number of carbonyl (C=O) groups excluding carboxylic acids is 1. The largest absolute Gasteiger partial charge is 0.374 e. The minimum atomic E-state index is -0.595. The zero-order chi connectivity index (χ0) is 24.6. The Kier molecular flexibility index (Phi) is 7.50. The zero-order valence-corrected chi connectivity index (χ0v) is 19.1. The molecule has 1 saturated heterocycles. The molecule has 0 unspecified atom stereocenters. The van der Waals surface area contributed by atoms with Gasteiger partial charge in [0.1, 0.15) is 11.6 Å². The molecule has 0 aliphatic carbocycles. The van der Waals surface area contributed by atoms with Gasteiger partial charge in [-0.3, -0.25) is 19.8 Å². The van der Waals surface area contributed by atoms with E-state index in [9.17, 15) is 20.2 Å². The van der Waals surface area contributed by atoms with Gasteiger partial charge in [0.05, 0.1) is 11.0 Å². The fraction of sp³-hybridized carbons (Fsp3) is 0.185. The van der Waals surface area contributed by atoms with Gasteiger partial charge in [0.15, 0.2) is 0 Å². The summed E-state index contributed by atoms with van der Waals surface area (Å²) in [6.45, 7) is 2.84. The number of nitrogens with one attached hydrogen (secondary N) is 1. The number of anilines is 1. The summed E-state index contributed by atoms with van der Waals surface area (Å²) >= 11 is 0. The van der Waals surface area contributed by atoms with Crippen molar-refractivity contribution in [2.24, 2.45) is 0 Å². The van der Waals surface area contributed by atoms with Gasteiger partial charge in [0.2, 0.25) is 0 Å². The van der Waals surface area contributed by atoms with E-state index < -0.39 is 10.8 Å². The highest BCUT2D eigenvalue weighted by molar-refractivity contribution is 6.06. The van der Waals surface area contributed by atoms with E-state index in [1.807, 2.05) is 47.4 Å². The minimum Gasteiger partial charge on any atom is -0.374 e. The Hall–Kier alpha value is -4.48. The second-order valence-corrected chi connectivity index (χ2v) is 8.21. The molecule has 1 aliphatic heterocycles. The summed E-state index contributed by atoms with van der Waals surface area (Å²) in [7, 11) is 0. The lowest BCUT2D eigenvalue weighted by molar-refractivity contribution is -0.384. The third-order valence-corrected chi connectivity index (χ3v) is 5.94. The van der Waals surface area contributed by atoms with E-state index in [1.54, 1.807) is 12.3 Å². The quantitative estimate of drug-likeness (QED) is 0.240. The van der Waals surface area contributed by atoms with Gasteiger partial charge in [-0.1, -0.05) is 66.7 Å². The Morgan fingerprint density at radius 2 is 1.54 bits per heavy atom. The molecular formula is C27H25N5O3. The van der Waals surface area contributed by atoms with Crippen molar-refractivity contribution in [2.75, 3.05) is 31.5 Å². The molecule has 3 aromatic rings. The molecule has 1 heterocycles. The van der Waals surface area contributed by atoms with Gasteiger partial charge in [-0.15, -0.1) is 0 Å². The number of benzene rings is 3. The zero-order valence-electron chi connectivity index (χ0n) is 19.1. The lowest BCUT2D eigenvalue weighted by atomic mass is 9.96. The first kappa shape index (κ1) is 23.7. The number of hydrogen-bond acceptors (Lipinski definition) is 6. The van der Waals surface area contributed by atoms with Crippen LogP contribution in [0.5, 0.6) is 0 Å². The standard InChI is InChI=1S/C27H25N5O3/c28-19-23(27(33)29-24-12-7-13-25(18-24)32(34)35)20-30-14-16-31(17-15-30)26(21-8-3-1-4-9-21)22-10-5-2-6-11-22/h1-13,18,20,26H,14-17H2,(H,29,33)/b23-20-. The van der Waals surface area contributed by atoms with E-state index >= 15 is 0 Å². The van der Waals surface area contributed by atoms with Crippen LogP contribution in [0.3, 0.4) is 0 Å². The van der Waals surface area contributed by atoms with Crippen LogP contribution in [0.4, 0.5) is 11.4 Å². The van der Waals surface area contributed by atoms with Gasteiger partial charge >= 0.3 is 0 Å². The van der Waals surface area contributed by atoms with Gasteiger partial charge in [-0.25, -0.2) is 0 Å². The van der Waals surface area contributed by atoms with Gasteiger partial charge in [-0.2, -0.15) is 5.26 Å². The molecule has 1 amide bonds. The van der Waals surface area contributed by atoms with Gasteiger partial charge in [-0.05, 0) is 17.2 Å². The molecule has 35 heavy (non-hydrogen) atoms. The van der Waals surface area contributed by atoms with Crippen LogP contribution >= 0.6 is 0 Å². The summed E-state index contributed by atoms with van der Waals surface area (Å²) < 4.78 is 0. The van der Waals surface area contributed by atoms with Crippen molar-refractivity contribution in [1.29, 1.82) is 5.26 Å². The summed E-state index contributed by atoms with van der Waals surface area (Å²) in [5, 5.41) is 23.1. The predicted molar refractivity (Wildman–Crippen MR) is 133 cm³/mol. The molecule has 0 saturated carbocycles. The molecule has 8 nitrogen and oxygen atoms in total. The van der Waals surface area contributed by atoms with E-state index in [-0.39, 0.29) is 23.0 Å². The van der Waals surface area contributed by atoms with Crippen LogP contribution in [0.25, 0.3) is 0 Å². The van der Waals surface area contributed by atoms with E-state index in [0.717, 1.165) is 13.1 Å². The van der Waals surface area contributed by atoms with Crippen LogP contribution in [-0.4, -0.2) is 46.8 Å². The van der Waals surface area contributed by atoms with E-state index in [4.69, 9.17) is 0 Å². The number of amides is 1. The molecule has 0 bridgehead atoms. The molecule has 4 rings (SSSR count). The van der Waals surface area contributed by atoms with Crippen LogP contribution in [0, 0.1) is 21.4 Å². The smallest absolute Gasteiger partial charge is 0.271 e. The van der Waals surface area contributed by atoms with Crippen LogP contribution < -0.4 is 5.32 Å². The van der Waals surface area contributed by atoms with Crippen molar-refractivity contribution >= 4 is 17.3 Å². The molecule has 0 aromatic heterocycles. The third kappa shape index (κ3) is 5.91. The number of hydrogen-bond donors (Lipinski definition) is 1. The Balaban J connectivity index is 1.44. The average Bonchev–Trinajstić information content (AvgIpc) is 2.89. The van der Waals surface area contributed by atoms with Crippen LogP contribution in [0.2, 0.25) is 0 Å². The average molecular weight is 468 g/mol. The molecular weight excluding hydrogens is 442 g/mol. The fourth-order valence-corrected chi connectivity index (χ4v) is 4.23. The number of nitrogens with zero attached hydrogens (tertiary/aromatic N) is 4. The number of non-ortho nitro benzene ring substituents is 1. The fourth-order valence-electron chi connectivity index (χ4n) is 4.23. The molecule has 0 atom stereocenters. The van der Waals surface area contributed by atoms with E-state index in [1.165, 1.54) is 29.3 Å². The number of nitro groups is 1. The lowest BCUT2D eigenvalue weighted by Gasteiger charge is -2.39. The maximum absolute atomic E-state index is 12.6. The first-order valence-corrected chi connectivity index (χ1v) is 11.3. The molecule has 0 spiro atoms. The Morgan fingerprint density at radius 1 is 0.943 bits per heavy atom. The van der Waals surface area contributed by atoms with Crippen LogP contribution in [-0.2, 0) is 4.79 Å². The maximum atomic E-state index is 12.6. The van der Waals surface area contributed by atoms with Crippen molar-refractivity contribution in [3.63, 3.8) is 0 Å². The Labute approximate surface area is 203 Å². The summed E-state index contributed by atoms with van der Waals surface area (Å²) in [4.78, 5) is 27.4. The summed E-state index contributed by atoms with van der Waals surface area (Å²) in [6.07, 6.45) is 1.57. The molecule has 1 N–H and O–H groups in total. The first-order valence-electron chi connectivity index (χ1n) is 11.3. The highest BCUT2D eigenvalue weighted by Crippen LogP contribution is 2.29. The van der Waals surface area contributed by atoms with Crippen molar-refractivity contribution in [3.05, 3.63) is 118 Å². The van der Waals surface area contributed by atoms with Crippen molar-refractivity contribution in [2.45, 2.75) is 6.04 Å². The van der Waals surface area contributed by atoms with Crippen molar-refractivity contribution < 1.29 is 9.72 Å².